The van der Waals surface area contributed by atoms with Crippen LogP contribution in [0.15, 0.2) is 36.8 Å². The lowest BCUT2D eigenvalue weighted by Gasteiger charge is -2.24. The Morgan fingerprint density at radius 1 is 1.06 bits per heavy atom. The number of nitrogens with zero attached hydrogens (tertiary/aromatic N) is 5. The van der Waals surface area contributed by atoms with Crippen molar-refractivity contribution in [3.05, 3.63) is 42.5 Å². The predicted molar refractivity (Wildman–Crippen MR) is 110 cm³/mol. The topological polar surface area (TPSA) is 129 Å². The summed E-state index contributed by atoms with van der Waals surface area (Å²) in [6.07, 6.45) is -3.04. The normalized spacial score (nSPS) is 19.6. The monoisotopic (exact) mass is 525 g/mol. The van der Waals surface area contributed by atoms with Gasteiger partial charge in [0.15, 0.2) is 0 Å². The van der Waals surface area contributed by atoms with Crippen molar-refractivity contribution in [3.63, 3.8) is 0 Å². The standard InChI is InChI=1S/C16H19N5O.2C2HF3O2/c1-19-11-13(9-18-19)21-14-5-7-20(15(14)8-16(21)22)10-12-4-2-3-6-17-12;2*3-2(4,5)1(6)7/h2-4,6,9,11,14-15H,5,7-8,10H2,1H3;2*(H,6,7)/t14-,15+;;/m1../s1. The van der Waals surface area contributed by atoms with Crippen molar-refractivity contribution in [1.29, 1.82) is 0 Å². The highest BCUT2D eigenvalue weighted by atomic mass is 19.4. The highest BCUT2D eigenvalue weighted by Gasteiger charge is 2.47. The number of likely N-dealkylation sites (tertiary alicyclic amines) is 1. The van der Waals surface area contributed by atoms with Crippen LogP contribution in [0.1, 0.15) is 18.5 Å². The number of aliphatic carboxylic acids is 2. The number of amides is 1. The molecule has 2 N–H and O–H groups in total. The molecule has 0 bridgehead atoms. The lowest BCUT2D eigenvalue weighted by atomic mass is 10.1. The van der Waals surface area contributed by atoms with Gasteiger partial charge >= 0.3 is 24.3 Å². The van der Waals surface area contributed by atoms with Gasteiger partial charge < -0.3 is 15.1 Å². The van der Waals surface area contributed by atoms with Gasteiger partial charge in [0.05, 0.1) is 23.6 Å². The first-order valence-electron chi connectivity index (χ1n) is 10.2. The van der Waals surface area contributed by atoms with Crippen molar-refractivity contribution < 1.29 is 50.9 Å². The molecule has 0 spiro atoms. The molecule has 2 aromatic heterocycles. The molecule has 4 rings (SSSR count). The number of fused-ring (bicyclic) bond motifs is 1. The molecule has 0 aliphatic carbocycles. The van der Waals surface area contributed by atoms with Crippen LogP contribution in [0.25, 0.3) is 0 Å². The first-order chi connectivity index (χ1) is 16.6. The summed E-state index contributed by atoms with van der Waals surface area (Å²) >= 11 is 0. The van der Waals surface area contributed by atoms with Gasteiger partial charge in [-0.05, 0) is 18.6 Å². The minimum atomic E-state index is -5.08. The summed E-state index contributed by atoms with van der Waals surface area (Å²) in [5, 5.41) is 18.4. The molecule has 1 amide bonds. The van der Waals surface area contributed by atoms with E-state index < -0.39 is 24.3 Å². The fourth-order valence-corrected chi connectivity index (χ4v) is 3.69. The summed E-state index contributed by atoms with van der Waals surface area (Å²) < 4.78 is 65.2. The van der Waals surface area contributed by atoms with E-state index in [9.17, 15) is 31.1 Å². The van der Waals surface area contributed by atoms with Crippen molar-refractivity contribution in [2.45, 2.75) is 43.8 Å². The number of anilines is 1. The lowest BCUT2D eigenvalue weighted by Crippen LogP contribution is -2.37. The van der Waals surface area contributed by atoms with Crippen LogP contribution in [0.2, 0.25) is 0 Å². The number of aromatic nitrogens is 3. The number of hydrogen-bond acceptors (Lipinski definition) is 6. The smallest absolute Gasteiger partial charge is 0.475 e. The Morgan fingerprint density at radius 2 is 1.64 bits per heavy atom. The second-order valence-electron chi connectivity index (χ2n) is 7.66. The molecule has 36 heavy (non-hydrogen) atoms. The second kappa shape index (κ2) is 11.4. The van der Waals surface area contributed by atoms with Crippen molar-refractivity contribution in [3.8, 4) is 0 Å². The Balaban J connectivity index is 0.000000271. The number of carboxylic acids is 2. The minimum absolute atomic E-state index is 0.203. The molecule has 0 saturated carbocycles. The molecule has 0 radical (unpaired) electrons. The Labute approximate surface area is 199 Å². The second-order valence-corrected chi connectivity index (χ2v) is 7.66. The fourth-order valence-electron chi connectivity index (χ4n) is 3.69. The largest absolute Gasteiger partial charge is 0.490 e. The molecule has 2 atom stereocenters. The molecule has 4 heterocycles. The van der Waals surface area contributed by atoms with E-state index in [0.717, 1.165) is 30.9 Å². The molecule has 10 nitrogen and oxygen atoms in total. The molecule has 198 valence electrons. The maximum Gasteiger partial charge on any atom is 0.490 e. The van der Waals surface area contributed by atoms with Crippen LogP contribution in [-0.4, -0.2) is 78.7 Å². The summed E-state index contributed by atoms with van der Waals surface area (Å²) in [6.45, 7) is 1.83. The number of aryl methyl sites for hydroxylation is 1. The van der Waals surface area contributed by atoms with E-state index in [2.05, 4.69) is 15.0 Å². The minimum Gasteiger partial charge on any atom is -0.475 e. The summed E-state index contributed by atoms with van der Waals surface area (Å²) in [7, 11) is 1.88. The molecule has 2 fully saturated rings. The molecule has 0 unspecified atom stereocenters. The van der Waals surface area contributed by atoms with Gasteiger partial charge in [-0.1, -0.05) is 6.07 Å². The molecule has 2 aromatic rings. The average Bonchev–Trinajstić information content (AvgIpc) is 3.44. The van der Waals surface area contributed by atoms with Gasteiger partial charge in [0, 0.05) is 45.0 Å². The van der Waals surface area contributed by atoms with E-state index in [0.29, 0.717) is 6.42 Å². The summed E-state index contributed by atoms with van der Waals surface area (Å²) in [5.74, 6) is -5.31. The van der Waals surface area contributed by atoms with Gasteiger partial charge in [0.1, 0.15) is 0 Å². The number of hydrogen-bond donors (Lipinski definition) is 2. The third-order valence-corrected chi connectivity index (χ3v) is 5.15. The third-order valence-electron chi connectivity index (χ3n) is 5.15. The Kier molecular flexibility index (Phi) is 9.01. The van der Waals surface area contributed by atoms with Gasteiger partial charge in [-0.2, -0.15) is 31.4 Å². The SMILES string of the molecule is Cn1cc(N2C(=O)C[C@H]3[C@H]2CCN3Cc2ccccn2)cn1.O=C(O)C(F)(F)F.O=C(O)C(F)(F)F. The zero-order valence-corrected chi connectivity index (χ0v) is 18.6. The number of carboxylic acid groups (broad SMARTS) is 2. The maximum atomic E-state index is 12.4. The molecular weight excluding hydrogens is 504 g/mol. The highest BCUT2D eigenvalue weighted by molar-refractivity contribution is 5.97. The highest BCUT2D eigenvalue weighted by Crippen LogP contribution is 2.36. The Bertz CT molecular complexity index is 1040. The van der Waals surface area contributed by atoms with Crippen LogP contribution in [0.4, 0.5) is 32.0 Å². The number of carbonyl (C=O) groups excluding carboxylic acids is 1. The molecular formula is C20H21F6N5O5. The van der Waals surface area contributed by atoms with E-state index in [1.165, 1.54) is 0 Å². The fraction of sp³-hybridized carbons (Fsp3) is 0.450. The molecule has 2 aliphatic rings. The number of pyridine rings is 1. The van der Waals surface area contributed by atoms with Crippen LogP contribution in [-0.2, 0) is 28.0 Å². The Morgan fingerprint density at radius 3 is 2.08 bits per heavy atom. The molecule has 2 saturated heterocycles. The number of carbonyl (C=O) groups is 3. The zero-order valence-electron chi connectivity index (χ0n) is 18.6. The van der Waals surface area contributed by atoms with E-state index in [4.69, 9.17) is 19.8 Å². The van der Waals surface area contributed by atoms with Crippen molar-refractivity contribution in [2.24, 2.45) is 7.05 Å². The van der Waals surface area contributed by atoms with Crippen LogP contribution < -0.4 is 4.90 Å². The molecule has 0 aromatic carbocycles. The van der Waals surface area contributed by atoms with Gasteiger partial charge in [0.2, 0.25) is 5.91 Å². The lowest BCUT2D eigenvalue weighted by molar-refractivity contribution is -0.193. The first kappa shape index (κ1) is 28.5. The predicted octanol–water partition coefficient (Wildman–Crippen LogP) is 2.46. The van der Waals surface area contributed by atoms with Gasteiger partial charge in [0.25, 0.3) is 0 Å². The van der Waals surface area contributed by atoms with E-state index in [1.807, 2.05) is 42.5 Å². The summed E-state index contributed by atoms with van der Waals surface area (Å²) in [4.78, 5) is 39.0. The van der Waals surface area contributed by atoms with Crippen molar-refractivity contribution >= 4 is 23.5 Å². The van der Waals surface area contributed by atoms with E-state index >= 15 is 0 Å². The van der Waals surface area contributed by atoms with Crippen LogP contribution >= 0.6 is 0 Å². The Hall–Kier alpha value is -3.69. The summed E-state index contributed by atoms with van der Waals surface area (Å²) in [5.41, 5.74) is 1.98. The summed E-state index contributed by atoms with van der Waals surface area (Å²) in [6, 6.07) is 6.54. The quantitative estimate of drug-likeness (QED) is 0.585. The number of halogens is 6. The van der Waals surface area contributed by atoms with Crippen LogP contribution in [0, 0.1) is 0 Å². The van der Waals surface area contributed by atoms with Gasteiger partial charge in [-0.15, -0.1) is 0 Å². The van der Waals surface area contributed by atoms with Crippen LogP contribution in [0.3, 0.4) is 0 Å². The van der Waals surface area contributed by atoms with Crippen molar-refractivity contribution in [1.82, 2.24) is 19.7 Å². The van der Waals surface area contributed by atoms with Gasteiger partial charge in [-0.3, -0.25) is 19.4 Å². The zero-order chi connectivity index (χ0) is 27.3. The van der Waals surface area contributed by atoms with Crippen LogP contribution in [0.5, 0.6) is 0 Å². The first-order valence-corrected chi connectivity index (χ1v) is 10.2. The van der Waals surface area contributed by atoms with E-state index in [1.54, 1.807) is 10.9 Å². The third kappa shape index (κ3) is 7.66. The molecule has 16 heteroatoms. The van der Waals surface area contributed by atoms with Gasteiger partial charge in [-0.25, -0.2) is 9.59 Å². The number of rotatable bonds is 3. The number of alkyl halides is 6. The average molecular weight is 525 g/mol. The van der Waals surface area contributed by atoms with Crippen molar-refractivity contribution in [2.75, 3.05) is 11.4 Å². The molecule has 2 aliphatic heterocycles. The maximum absolute atomic E-state index is 12.4. The van der Waals surface area contributed by atoms with E-state index in [-0.39, 0.29) is 18.0 Å².